The number of para-hydroxylation sites is 1. The van der Waals surface area contributed by atoms with Gasteiger partial charge in [0.25, 0.3) is 0 Å². The zero-order valence-electron chi connectivity index (χ0n) is 13.3. The van der Waals surface area contributed by atoms with Crippen molar-refractivity contribution in [2.45, 2.75) is 25.4 Å². The fraction of sp³-hybridized carbons (Fsp3) is 0.278. The van der Waals surface area contributed by atoms with Crippen LogP contribution in [0.1, 0.15) is 12.8 Å². The van der Waals surface area contributed by atoms with Crippen molar-refractivity contribution >= 4 is 12.2 Å². The van der Waals surface area contributed by atoms with Gasteiger partial charge in [-0.25, -0.2) is 4.68 Å². The first-order valence-electron chi connectivity index (χ1n) is 8.22. The largest absolute Gasteiger partial charge is 0.312 e. The summed E-state index contributed by atoms with van der Waals surface area (Å²) >= 11 is 5.75. The van der Waals surface area contributed by atoms with E-state index in [-0.39, 0.29) is 0 Å². The second-order valence-corrected chi connectivity index (χ2v) is 6.35. The number of benzene rings is 1. The summed E-state index contributed by atoms with van der Waals surface area (Å²) in [6, 6.07) is 14.5. The molecule has 1 N–H and O–H groups in total. The van der Waals surface area contributed by atoms with Crippen LogP contribution < -0.4 is 5.32 Å². The molecule has 1 saturated heterocycles. The van der Waals surface area contributed by atoms with Crippen molar-refractivity contribution < 1.29 is 0 Å². The summed E-state index contributed by atoms with van der Waals surface area (Å²) < 4.78 is 4.71. The number of aromatic nitrogens is 4. The van der Waals surface area contributed by atoms with E-state index in [0.717, 1.165) is 34.9 Å². The Hall–Kier alpha value is -2.31. The molecular weight excluding hydrogens is 318 g/mol. The van der Waals surface area contributed by atoms with Crippen molar-refractivity contribution in [1.82, 2.24) is 24.6 Å². The second kappa shape index (κ2) is 6.67. The Balaban J connectivity index is 1.83. The maximum absolute atomic E-state index is 5.75. The van der Waals surface area contributed by atoms with Gasteiger partial charge in [0.1, 0.15) is 0 Å². The second-order valence-electron chi connectivity index (χ2n) is 5.99. The van der Waals surface area contributed by atoms with E-state index in [4.69, 9.17) is 17.3 Å². The molecule has 122 valence electrons. The van der Waals surface area contributed by atoms with Crippen molar-refractivity contribution in [3.63, 3.8) is 0 Å². The van der Waals surface area contributed by atoms with E-state index in [1.807, 2.05) is 39.6 Å². The Morgan fingerprint density at radius 1 is 1.12 bits per heavy atom. The number of nitrogens with zero attached hydrogens (tertiary/aromatic N) is 4. The molecule has 0 saturated carbocycles. The van der Waals surface area contributed by atoms with Gasteiger partial charge in [0, 0.05) is 29.7 Å². The van der Waals surface area contributed by atoms with Crippen LogP contribution in [0.4, 0.5) is 0 Å². The van der Waals surface area contributed by atoms with Gasteiger partial charge in [0.2, 0.25) is 4.77 Å². The van der Waals surface area contributed by atoms with Gasteiger partial charge < -0.3 is 5.32 Å². The van der Waals surface area contributed by atoms with Gasteiger partial charge in [-0.05, 0) is 55.9 Å². The minimum atomic E-state index is 0.445. The van der Waals surface area contributed by atoms with Crippen molar-refractivity contribution in [3.8, 4) is 17.1 Å². The highest BCUT2D eigenvalue weighted by molar-refractivity contribution is 7.71. The molecule has 1 aliphatic heterocycles. The number of rotatable bonds is 4. The van der Waals surface area contributed by atoms with E-state index < -0.39 is 0 Å². The predicted octanol–water partition coefficient (Wildman–Crippen LogP) is 3.22. The average molecular weight is 337 g/mol. The first kappa shape index (κ1) is 15.2. The third-order valence-corrected chi connectivity index (χ3v) is 4.74. The van der Waals surface area contributed by atoms with E-state index in [1.165, 1.54) is 12.8 Å². The number of hydrogen-bond acceptors (Lipinski definition) is 4. The molecule has 4 rings (SSSR count). The standard InChI is InChI=1S/C18H19N5S/c24-18-22(13-15-5-4-10-20-15)21-17(14-8-11-19-12-9-14)23(18)16-6-2-1-3-7-16/h1-3,6-9,11-12,15,20H,4-5,10,13H2. The Labute approximate surface area is 146 Å². The minimum Gasteiger partial charge on any atom is -0.312 e. The number of nitrogens with one attached hydrogen (secondary N) is 1. The molecule has 0 amide bonds. The lowest BCUT2D eigenvalue weighted by atomic mass is 10.2. The van der Waals surface area contributed by atoms with Gasteiger partial charge in [-0.3, -0.25) is 9.55 Å². The molecule has 3 aromatic rings. The summed E-state index contributed by atoms with van der Waals surface area (Å²) in [5.74, 6) is 0.853. The molecule has 1 unspecified atom stereocenters. The number of hydrogen-bond donors (Lipinski definition) is 1. The maximum atomic E-state index is 5.75. The van der Waals surface area contributed by atoms with Crippen LogP contribution >= 0.6 is 12.2 Å². The fourth-order valence-corrected chi connectivity index (χ4v) is 3.45. The zero-order valence-corrected chi connectivity index (χ0v) is 14.1. The van der Waals surface area contributed by atoms with E-state index in [0.29, 0.717) is 6.04 Å². The molecule has 1 aromatic carbocycles. The summed E-state index contributed by atoms with van der Waals surface area (Å²) in [7, 11) is 0. The molecule has 24 heavy (non-hydrogen) atoms. The van der Waals surface area contributed by atoms with Crippen LogP contribution in [0.15, 0.2) is 54.9 Å². The highest BCUT2D eigenvalue weighted by Gasteiger charge is 2.19. The molecule has 0 bridgehead atoms. The third-order valence-electron chi connectivity index (χ3n) is 4.35. The smallest absolute Gasteiger partial charge is 0.202 e. The quantitative estimate of drug-likeness (QED) is 0.743. The van der Waals surface area contributed by atoms with Crippen molar-refractivity contribution in [2.75, 3.05) is 6.54 Å². The minimum absolute atomic E-state index is 0.445. The molecule has 2 aromatic heterocycles. The molecule has 1 aliphatic rings. The van der Waals surface area contributed by atoms with E-state index >= 15 is 0 Å². The molecule has 1 fully saturated rings. The summed E-state index contributed by atoms with van der Waals surface area (Å²) in [5.41, 5.74) is 2.04. The van der Waals surface area contributed by atoms with Gasteiger partial charge in [-0.2, -0.15) is 5.10 Å². The Kier molecular flexibility index (Phi) is 4.23. The van der Waals surface area contributed by atoms with Gasteiger partial charge in [0.05, 0.1) is 6.54 Å². The lowest BCUT2D eigenvalue weighted by Crippen LogP contribution is -2.27. The molecule has 0 radical (unpaired) electrons. The maximum Gasteiger partial charge on any atom is 0.202 e. The lowest BCUT2D eigenvalue weighted by Gasteiger charge is -2.09. The van der Waals surface area contributed by atoms with Crippen LogP contribution in [0.25, 0.3) is 17.1 Å². The molecular formula is C18H19N5S. The molecule has 3 heterocycles. The van der Waals surface area contributed by atoms with E-state index in [9.17, 15) is 0 Å². The summed E-state index contributed by atoms with van der Waals surface area (Å²) in [4.78, 5) is 4.11. The van der Waals surface area contributed by atoms with Crippen molar-refractivity contribution in [3.05, 3.63) is 59.6 Å². The highest BCUT2D eigenvalue weighted by atomic mass is 32.1. The molecule has 6 heteroatoms. The van der Waals surface area contributed by atoms with E-state index in [2.05, 4.69) is 22.4 Å². The van der Waals surface area contributed by atoms with Crippen LogP contribution in [0.3, 0.4) is 0 Å². The summed E-state index contributed by atoms with van der Waals surface area (Å²) in [6.07, 6.45) is 5.95. The topological polar surface area (TPSA) is 47.7 Å². The van der Waals surface area contributed by atoms with Crippen LogP contribution in [-0.2, 0) is 6.54 Å². The monoisotopic (exact) mass is 337 g/mol. The Bertz CT molecular complexity index is 863. The highest BCUT2D eigenvalue weighted by Crippen LogP contribution is 2.22. The first-order valence-corrected chi connectivity index (χ1v) is 8.63. The molecule has 5 nitrogen and oxygen atoms in total. The van der Waals surface area contributed by atoms with Crippen LogP contribution in [0, 0.1) is 4.77 Å². The molecule has 0 aliphatic carbocycles. The van der Waals surface area contributed by atoms with Gasteiger partial charge in [-0.1, -0.05) is 18.2 Å². The third kappa shape index (κ3) is 2.90. The van der Waals surface area contributed by atoms with Crippen molar-refractivity contribution in [1.29, 1.82) is 0 Å². The summed E-state index contributed by atoms with van der Waals surface area (Å²) in [5, 5.41) is 8.34. The van der Waals surface area contributed by atoms with Crippen LogP contribution in [0.2, 0.25) is 0 Å². The van der Waals surface area contributed by atoms with Gasteiger partial charge in [-0.15, -0.1) is 0 Å². The summed E-state index contributed by atoms with van der Waals surface area (Å²) in [6.45, 7) is 1.88. The van der Waals surface area contributed by atoms with Crippen molar-refractivity contribution in [2.24, 2.45) is 0 Å². The van der Waals surface area contributed by atoms with E-state index in [1.54, 1.807) is 12.4 Å². The first-order chi connectivity index (χ1) is 11.8. The normalized spacial score (nSPS) is 17.2. The number of pyridine rings is 1. The molecule has 0 spiro atoms. The lowest BCUT2D eigenvalue weighted by molar-refractivity contribution is 0.471. The Morgan fingerprint density at radius 3 is 2.62 bits per heavy atom. The Morgan fingerprint density at radius 2 is 1.92 bits per heavy atom. The SMILES string of the molecule is S=c1n(CC2CCCN2)nc(-c2ccncc2)n1-c1ccccc1. The van der Waals surface area contributed by atoms with Gasteiger partial charge in [0.15, 0.2) is 5.82 Å². The zero-order chi connectivity index (χ0) is 16.4. The van der Waals surface area contributed by atoms with Crippen LogP contribution in [0.5, 0.6) is 0 Å². The molecule has 1 atom stereocenters. The fourth-order valence-electron chi connectivity index (χ4n) is 3.15. The predicted molar refractivity (Wildman–Crippen MR) is 96.6 cm³/mol. The van der Waals surface area contributed by atoms with Gasteiger partial charge >= 0.3 is 0 Å². The average Bonchev–Trinajstić information content (AvgIpc) is 3.25. The van der Waals surface area contributed by atoms with Crippen LogP contribution in [-0.4, -0.2) is 31.9 Å².